The summed E-state index contributed by atoms with van der Waals surface area (Å²) in [5, 5.41) is 0. The highest BCUT2D eigenvalue weighted by Crippen LogP contribution is 2.60. The first-order valence-electron chi connectivity index (χ1n) is 24.1. The van der Waals surface area contributed by atoms with E-state index in [0.29, 0.717) is 0 Å². The Morgan fingerprint density at radius 1 is 0.224 bits per heavy atom. The highest BCUT2D eigenvalue weighted by atomic mass is 14.6. The van der Waals surface area contributed by atoms with Crippen molar-refractivity contribution in [3.63, 3.8) is 0 Å². The summed E-state index contributed by atoms with van der Waals surface area (Å²) >= 11 is 0. The molecule has 18 bridgehead atoms. The van der Waals surface area contributed by atoms with Gasteiger partial charge in [-0.3, -0.25) is 0 Å². The molecule has 0 unspecified atom stereocenters. The molecule has 276 valence electrons. The van der Waals surface area contributed by atoms with Crippen LogP contribution in [0.5, 0.6) is 0 Å². The van der Waals surface area contributed by atoms with E-state index in [4.69, 9.17) is 0 Å². The van der Waals surface area contributed by atoms with Crippen LogP contribution in [0.1, 0.15) is 193 Å². The van der Waals surface area contributed by atoms with Crippen LogP contribution in [0.4, 0.5) is 0 Å². The summed E-state index contributed by atoms with van der Waals surface area (Å²) in [6.07, 6.45) is 47.3. The molecule has 0 N–H and O–H groups in total. The standard InChI is InChI=1S/C49H80/c1-31-11-12-37-13-14-39-23-32-5-2-7-34(21-32)25-42-17-19-44(31)48(42)30-47-40-15-16-41(47)28-36-9-4-10-38(27-36)45-20-18-43(49(45)29-46(37)39)26-35-8-3-6-33(22-35)24-40/h31-49H,2-30H2,1H3/t31-,32-,33-,34+,35+,36+,37-,38-,39-,40-,41+,42-,43-,44+,45+,46-,47+,48+,49+/m0/s1. The van der Waals surface area contributed by atoms with E-state index >= 15 is 0 Å². The Balaban J connectivity index is 1.09. The molecule has 0 aromatic heterocycles. The molecule has 0 saturated heterocycles. The Morgan fingerprint density at radius 2 is 0.571 bits per heavy atom. The monoisotopic (exact) mass is 669 g/mol. The Morgan fingerprint density at radius 3 is 1.12 bits per heavy atom. The van der Waals surface area contributed by atoms with E-state index in [1.807, 2.05) is 0 Å². The van der Waals surface area contributed by atoms with Crippen LogP contribution < -0.4 is 0 Å². The van der Waals surface area contributed by atoms with Crippen LogP contribution in [0.25, 0.3) is 0 Å². The van der Waals surface area contributed by atoms with Gasteiger partial charge in [0.05, 0.1) is 0 Å². The van der Waals surface area contributed by atoms with Crippen LogP contribution in [0.15, 0.2) is 0 Å². The van der Waals surface area contributed by atoms with Crippen molar-refractivity contribution >= 4 is 0 Å². The Hall–Kier alpha value is 0. The van der Waals surface area contributed by atoms with Gasteiger partial charge in [0.2, 0.25) is 0 Å². The van der Waals surface area contributed by atoms with E-state index in [1.165, 1.54) is 0 Å². The summed E-state index contributed by atoms with van der Waals surface area (Å²) < 4.78 is 0. The number of hydrogen-bond donors (Lipinski definition) is 0. The van der Waals surface area contributed by atoms with Gasteiger partial charge in [-0.25, -0.2) is 0 Å². The molecular formula is C49H80. The van der Waals surface area contributed by atoms with Gasteiger partial charge < -0.3 is 0 Å². The first kappa shape index (κ1) is 33.6. The summed E-state index contributed by atoms with van der Waals surface area (Å²) in [6.45, 7) is 2.81. The maximum Gasteiger partial charge on any atom is -0.0352 e. The predicted molar refractivity (Wildman–Crippen MR) is 206 cm³/mol. The smallest absolute Gasteiger partial charge is 0.0352 e. The summed E-state index contributed by atoms with van der Waals surface area (Å²) in [4.78, 5) is 0. The first-order valence-corrected chi connectivity index (χ1v) is 24.1. The van der Waals surface area contributed by atoms with Crippen LogP contribution in [-0.4, -0.2) is 0 Å². The molecule has 0 aliphatic heterocycles. The van der Waals surface area contributed by atoms with Crippen molar-refractivity contribution in [2.75, 3.05) is 0 Å². The molecule has 19 atom stereocenters. The molecule has 0 radical (unpaired) electrons. The quantitative estimate of drug-likeness (QED) is 0.241. The van der Waals surface area contributed by atoms with Crippen molar-refractivity contribution in [3.8, 4) is 0 Å². The van der Waals surface area contributed by atoms with Gasteiger partial charge in [0.15, 0.2) is 0 Å². The minimum atomic E-state index is 0.995. The average Bonchev–Trinajstić information content (AvgIpc) is 3.88. The van der Waals surface area contributed by atoms with E-state index in [-0.39, 0.29) is 0 Å². The van der Waals surface area contributed by atoms with Crippen molar-refractivity contribution in [1.29, 1.82) is 0 Å². The zero-order valence-corrected chi connectivity index (χ0v) is 32.5. The zero-order valence-electron chi connectivity index (χ0n) is 32.5. The average molecular weight is 669 g/mol. The third kappa shape index (κ3) is 6.71. The summed E-state index contributed by atoms with van der Waals surface area (Å²) in [5.74, 6) is 20.7. The number of rotatable bonds is 0. The topological polar surface area (TPSA) is 0 Å². The molecule has 10 saturated carbocycles. The molecule has 49 heavy (non-hydrogen) atoms. The van der Waals surface area contributed by atoms with Gasteiger partial charge >= 0.3 is 0 Å². The lowest BCUT2D eigenvalue weighted by Crippen LogP contribution is -2.32. The van der Waals surface area contributed by atoms with E-state index in [1.54, 1.807) is 186 Å². The molecule has 0 aromatic carbocycles. The van der Waals surface area contributed by atoms with E-state index in [2.05, 4.69) is 6.92 Å². The molecule has 10 fully saturated rings. The van der Waals surface area contributed by atoms with E-state index < -0.39 is 0 Å². The fourth-order valence-corrected chi connectivity index (χ4v) is 18.5. The maximum absolute atomic E-state index is 2.81. The Bertz CT molecular complexity index is 1110. The molecule has 10 aliphatic rings. The normalized spacial score (nSPS) is 56.1. The lowest BCUT2D eigenvalue weighted by molar-refractivity contribution is 0.0861. The van der Waals surface area contributed by atoms with Crippen molar-refractivity contribution in [1.82, 2.24) is 0 Å². The molecule has 0 heteroatoms. The molecule has 0 amide bonds. The number of hydrogen-bond acceptors (Lipinski definition) is 0. The third-order valence-electron chi connectivity index (χ3n) is 20.5. The van der Waals surface area contributed by atoms with Crippen molar-refractivity contribution in [3.05, 3.63) is 0 Å². The van der Waals surface area contributed by atoms with Crippen molar-refractivity contribution < 1.29 is 0 Å². The third-order valence-corrected chi connectivity index (χ3v) is 20.5. The minimum absolute atomic E-state index is 0.995. The lowest BCUT2D eigenvalue weighted by Gasteiger charge is -2.41. The van der Waals surface area contributed by atoms with Crippen LogP contribution in [-0.2, 0) is 0 Å². The highest BCUT2D eigenvalue weighted by molar-refractivity contribution is 5.00. The Labute approximate surface area is 304 Å². The predicted octanol–water partition coefficient (Wildman–Crippen LogP) is 14.2. The number of fused-ring (bicyclic) bond motifs is 6. The van der Waals surface area contributed by atoms with Crippen LogP contribution in [0, 0.1) is 112 Å². The fourth-order valence-electron chi connectivity index (χ4n) is 18.5. The molecule has 10 aliphatic carbocycles. The van der Waals surface area contributed by atoms with Crippen molar-refractivity contribution in [2.24, 2.45) is 112 Å². The summed E-state index contributed by atoms with van der Waals surface area (Å²) in [6, 6.07) is 0. The zero-order chi connectivity index (χ0) is 32.5. The molecule has 10 rings (SSSR count). The molecular weight excluding hydrogens is 589 g/mol. The van der Waals surface area contributed by atoms with Gasteiger partial charge in [-0.15, -0.1) is 0 Å². The van der Waals surface area contributed by atoms with Gasteiger partial charge in [-0.2, -0.15) is 0 Å². The fraction of sp³-hybridized carbons (Fsp3) is 1.00. The van der Waals surface area contributed by atoms with Gasteiger partial charge in [-0.1, -0.05) is 71.1 Å². The minimum Gasteiger partial charge on any atom is -0.0622 e. The maximum atomic E-state index is 2.81. The summed E-state index contributed by atoms with van der Waals surface area (Å²) in [5.41, 5.74) is 0. The second-order valence-electron chi connectivity index (χ2n) is 22.6. The second kappa shape index (κ2) is 14.3. The first-order chi connectivity index (χ1) is 24.1. The van der Waals surface area contributed by atoms with Crippen molar-refractivity contribution in [2.45, 2.75) is 193 Å². The van der Waals surface area contributed by atoms with Gasteiger partial charge in [0.25, 0.3) is 0 Å². The molecule has 0 heterocycles. The van der Waals surface area contributed by atoms with Crippen LogP contribution in [0.3, 0.4) is 0 Å². The van der Waals surface area contributed by atoms with Crippen LogP contribution in [0.2, 0.25) is 0 Å². The highest BCUT2D eigenvalue weighted by Gasteiger charge is 2.50. The molecule has 0 spiro atoms. The van der Waals surface area contributed by atoms with Gasteiger partial charge in [0.1, 0.15) is 0 Å². The summed E-state index contributed by atoms with van der Waals surface area (Å²) in [7, 11) is 0. The largest absolute Gasteiger partial charge is 0.0622 e. The Kier molecular flexibility index (Phi) is 9.82. The van der Waals surface area contributed by atoms with Crippen LogP contribution >= 0.6 is 0 Å². The lowest BCUT2D eigenvalue weighted by atomic mass is 9.64. The van der Waals surface area contributed by atoms with Gasteiger partial charge in [-0.05, 0) is 234 Å². The second-order valence-corrected chi connectivity index (χ2v) is 22.6. The SMILES string of the molecule is C[C@H]1CC[C@H]2CC[C@H]3C[C@H]4CCC[C@H](C4)C[C@@H]4CC[C@H]1[C@@H]4C[C@H]1[C@@H]4CC[C@H]1C[C@H]1CCC[C@H](C1)C[C@@H]1CC[C@H]([C@H]5CCC[C@@H](C4)C5)[C@@H]1C[C@@H]23. The van der Waals surface area contributed by atoms with E-state index in [9.17, 15) is 0 Å². The molecule has 0 nitrogen and oxygen atoms in total. The van der Waals surface area contributed by atoms with E-state index in [0.717, 1.165) is 112 Å². The van der Waals surface area contributed by atoms with Gasteiger partial charge in [0, 0.05) is 0 Å². The molecule has 0 aromatic rings.